The zero-order chi connectivity index (χ0) is 21.6. The van der Waals surface area contributed by atoms with Crippen LogP contribution in [0.4, 0.5) is 5.82 Å². The number of hydrogen-bond donors (Lipinski definition) is 0. The van der Waals surface area contributed by atoms with Crippen LogP contribution < -0.4 is 4.90 Å². The lowest BCUT2D eigenvalue weighted by Gasteiger charge is -2.25. The molecule has 2 amide bonds. The van der Waals surface area contributed by atoms with E-state index in [0.717, 1.165) is 16.8 Å². The summed E-state index contributed by atoms with van der Waals surface area (Å²) in [5.41, 5.74) is 2.31. The number of fused-ring (bicyclic) bond motifs is 1. The van der Waals surface area contributed by atoms with Gasteiger partial charge in [0.1, 0.15) is 11.5 Å². The molecule has 1 atom stereocenters. The second kappa shape index (κ2) is 7.12. The van der Waals surface area contributed by atoms with Crippen LogP contribution in [0.3, 0.4) is 0 Å². The highest BCUT2D eigenvalue weighted by Gasteiger charge is 2.52. The first-order valence-corrected chi connectivity index (χ1v) is 9.79. The van der Waals surface area contributed by atoms with Crippen LogP contribution in [-0.2, 0) is 4.79 Å². The van der Waals surface area contributed by atoms with E-state index >= 15 is 0 Å². The van der Waals surface area contributed by atoms with Crippen molar-refractivity contribution in [2.24, 2.45) is 11.3 Å². The molecule has 1 aliphatic heterocycles. The van der Waals surface area contributed by atoms with Crippen LogP contribution in [-0.4, -0.2) is 50.7 Å². The molecule has 1 saturated heterocycles. The Labute approximate surface area is 175 Å². The molecular weight excluding hydrogens is 380 g/mol. The van der Waals surface area contributed by atoms with E-state index < -0.39 is 5.41 Å². The van der Waals surface area contributed by atoms with E-state index in [1.807, 2.05) is 26.8 Å². The summed E-state index contributed by atoms with van der Waals surface area (Å²) in [5.74, 6) is 0.752. The molecule has 1 aliphatic carbocycles. The van der Waals surface area contributed by atoms with Crippen molar-refractivity contribution in [1.82, 2.24) is 24.8 Å². The average Bonchev–Trinajstić information content (AvgIpc) is 2.93. The van der Waals surface area contributed by atoms with Crippen LogP contribution >= 0.6 is 0 Å². The summed E-state index contributed by atoms with van der Waals surface area (Å²) in [6.45, 7) is 5.74. The fourth-order valence-electron chi connectivity index (χ4n) is 3.90. The first-order chi connectivity index (χ1) is 14.2. The average molecular weight is 404 g/mol. The highest BCUT2D eigenvalue weighted by Crippen LogP contribution is 2.50. The standard InChI is InChI=1S/C22H24N6O2/c1-13-24-9-15(10-25-13)14-6-7-16-18(8-14)28(21(30)22(16,2)3)19-12-23-11-17(26-19)20(29)27(4)5/h6,8-12,16H,7H2,1-5H3. The molecule has 2 aliphatic rings. The van der Waals surface area contributed by atoms with Crippen molar-refractivity contribution in [2.45, 2.75) is 27.2 Å². The molecule has 8 heteroatoms. The van der Waals surface area contributed by atoms with Gasteiger partial charge in [-0.2, -0.15) is 0 Å². The maximum absolute atomic E-state index is 13.4. The van der Waals surface area contributed by atoms with Gasteiger partial charge in [0, 0.05) is 43.7 Å². The number of rotatable bonds is 3. The first kappa shape index (κ1) is 19.9. The van der Waals surface area contributed by atoms with Crippen molar-refractivity contribution in [1.29, 1.82) is 0 Å². The molecule has 1 fully saturated rings. The summed E-state index contributed by atoms with van der Waals surface area (Å²) >= 11 is 0. The lowest BCUT2D eigenvalue weighted by atomic mass is 9.75. The first-order valence-electron chi connectivity index (χ1n) is 9.79. The Kier molecular flexibility index (Phi) is 4.72. The summed E-state index contributed by atoms with van der Waals surface area (Å²) in [6, 6.07) is 0. The molecular formula is C22H24N6O2. The zero-order valence-electron chi connectivity index (χ0n) is 17.7. The predicted molar refractivity (Wildman–Crippen MR) is 112 cm³/mol. The van der Waals surface area contributed by atoms with Crippen molar-refractivity contribution in [3.05, 3.63) is 59.7 Å². The van der Waals surface area contributed by atoms with E-state index in [-0.39, 0.29) is 23.4 Å². The number of anilines is 1. The molecule has 0 bridgehead atoms. The fourth-order valence-corrected chi connectivity index (χ4v) is 3.90. The highest BCUT2D eigenvalue weighted by atomic mass is 16.2. The summed E-state index contributed by atoms with van der Waals surface area (Å²) in [4.78, 5) is 46.0. The van der Waals surface area contributed by atoms with Gasteiger partial charge < -0.3 is 4.90 Å². The number of carbonyl (C=O) groups is 2. The number of amides is 2. The van der Waals surface area contributed by atoms with Crippen LogP contribution in [0.15, 0.2) is 42.6 Å². The van der Waals surface area contributed by atoms with Gasteiger partial charge in [-0.1, -0.05) is 19.9 Å². The molecule has 3 heterocycles. The SMILES string of the molecule is Cc1ncc(C2=CCC3C(=C2)N(c2cncc(C(=O)N(C)C)n2)C(=O)C3(C)C)cn1. The Morgan fingerprint density at radius 3 is 2.53 bits per heavy atom. The van der Waals surface area contributed by atoms with Gasteiger partial charge in [0.25, 0.3) is 5.91 Å². The van der Waals surface area contributed by atoms with Gasteiger partial charge in [-0.15, -0.1) is 0 Å². The van der Waals surface area contributed by atoms with Crippen molar-refractivity contribution >= 4 is 23.2 Å². The zero-order valence-corrected chi connectivity index (χ0v) is 17.7. The van der Waals surface area contributed by atoms with Crippen molar-refractivity contribution in [3.63, 3.8) is 0 Å². The lowest BCUT2D eigenvalue weighted by Crippen LogP contribution is -2.32. The van der Waals surface area contributed by atoms with E-state index in [2.05, 4.69) is 26.0 Å². The molecule has 2 aromatic heterocycles. The molecule has 2 aromatic rings. The molecule has 0 aromatic carbocycles. The van der Waals surface area contributed by atoms with Crippen LogP contribution in [0.2, 0.25) is 0 Å². The second-order valence-electron chi connectivity index (χ2n) is 8.36. The Morgan fingerprint density at radius 1 is 1.17 bits per heavy atom. The van der Waals surface area contributed by atoms with Crippen molar-refractivity contribution < 1.29 is 9.59 Å². The topological polar surface area (TPSA) is 92.2 Å². The molecule has 4 rings (SSSR count). The third kappa shape index (κ3) is 3.18. The number of allylic oxidation sites excluding steroid dienone is 4. The van der Waals surface area contributed by atoms with E-state index in [9.17, 15) is 9.59 Å². The lowest BCUT2D eigenvalue weighted by molar-refractivity contribution is -0.125. The Balaban J connectivity index is 1.78. The molecule has 1 unspecified atom stereocenters. The van der Waals surface area contributed by atoms with Gasteiger partial charge in [-0.3, -0.25) is 19.5 Å². The van der Waals surface area contributed by atoms with Gasteiger partial charge in [0.15, 0.2) is 5.82 Å². The molecule has 30 heavy (non-hydrogen) atoms. The molecule has 8 nitrogen and oxygen atoms in total. The van der Waals surface area contributed by atoms with Gasteiger partial charge in [-0.25, -0.2) is 15.0 Å². The maximum atomic E-state index is 13.4. The molecule has 0 N–H and O–H groups in total. The minimum absolute atomic E-state index is 0.00937. The summed E-state index contributed by atoms with van der Waals surface area (Å²) in [5, 5.41) is 0. The molecule has 0 saturated carbocycles. The van der Waals surface area contributed by atoms with Crippen molar-refractivity contribution in [2.75, 3.05) is 19.0 Å². The van der Waals surface area contributed by atoms with Gasteiger partial charge in [0.05, 0.1) is 17.8 Å². The third-order valence-corrected chi connectivity index (χ3v) is 5.71. The quantitative estimate of drug-likeness (QED) is 0.781. The summed E-state index contributed by atoms with van der Waals surface area (Å²) < 4.78 is 0. The smallest absolute Gasteiger partial charge is 0.273 e. The van der Waals surface area contributed by atoms with Gasteiger partial charge in [0.2, 0.25) is 5.91 Å². The highest BCUT2D eigenvalue weighted by molar-refractivity contribution is 6.04. The summed E-state index contributed by atoms with van der Waals surface area (Å²) in [7, 11) is 3.31. The van der Waals surface area contributed by atoms with E-state index in [0.29, 0.717) is 18.1 Å². The monoisotopic (exact) mass is 404 g/mol. The Hall–Kier alpha value is -3.42. The van der Waals surface area contributed by atoms with Crippen LogP contribution in [0.5, 0.6) is 0 Å². The van der Waals surface area contributed by atoms with E-state index in [4.69, 9.17) is 0 Å². The molecule has 154 valence electrons. The van der Waals surface area contributed by atoms with E-state index in [1.165, 1.54) is 17.3 Å². The van der Waals surface area contributed by atoms with Crippen LogP contribution in [0, 0.1) is 18.3 Å². The summed E-state index contributed by atoms with van der Waals surface area (Å²) in [6.07, 6.45) is 11.3. The minimum Gasteiger partial charge on any atom is -0.343 e. The number of aromatic nitrogens is 4. The Bertz CT molecular complexity index is 1090. The van der Waals surface area contributed by atoms with Gasteiger partial charge >= 0.3 is 0 Å². The third-order valence-electron chi connectivity index (χ3n) is 5.71. The second-order valence-corrected chi connectivity index (χ2v) is 8.36. The number of nitrogens with zero attached hydrogens (tertiary/aromatic N) is 6. The number of carbonyl (C=O) groups excluding carboxylic acids is 2. The van der Waals surface area contributed by atoms with E-state index in [1.54, 1.807) is 31.4 Å². The van der Waals surface area contributed by atoms with Crippen LogP contribution in [0.25, 0.3) is 5.57 Å². The van der Waals surface area contributed by atoms with Crippen LogP contribution in [0.1, 0.15) is 42.1 Å². The largest absolute Gasteiger partial charge is 0.343 e. The van der Waals surface area contributed by atoms with Crippen molar-refractivity contribution in [3.8, 4) is 0 Å². The molecule has 0 radical (unpaired) electrons. The predicted octanol–water partition coefficient (Wildman–Crippen LogP) is 2.64. The maximum Gasteiger partial charge on any atom is 0.273 e. The minimum atomic E-state index is -0.596. The molecule has 0 spiro atoms. The Morgan fingerprint density at radius 2 is 1.87 bits per heavy atom. The number of aryl methyl sites for hydroxylation is 1. The van der Waals surface area contributed by atoms with Gasteiger partial charge in [-0.05, 0) is 25.0 Å². The fraction of sp³-hybridized carbons (Fsp3) is 0.364. The normalized spacial score (nSPS) is 19.8. The number of hydrogen-bond acceptors (Lipinski definition) is 6.